The van der Waals surface area contributed by atoms with Crippen molar-refractivity contribution >= 4 is 16.6 Å². The van der Waals surface area contributed by atoms with Gasteiger partial charge in [-0.05, 0) is 38.3 Å². The highest BCUT2D eigenvalue weighted by atomic mass is 15.2. The van der Waals surface area contributed by atoms with E-state index in [4.69, 9.17) is 0 Å². The maximum atomic E-state index is 4.26. The van der Waals surface area contributed by atoms with Crippen molar-refractivity contribution < 1.29 is 0 Å². The molecule has 2 fully saturated rings. The van der Waals surface area contributed by atoms with E-state index in [1.165, 1.54) is 49.7 Å². The van der Waals surface area contributed by atoms with Gasteiger partial charge in [0.25, 0.3) is 0 Å². The Kier molecular flexibility index (Phi) is 3.47. The lowest BCUT2D eigenvalue weighted by molar-refractivity contribution is 0.398. The topological polar surface area (TPSA) is 41.0 Å². The molecule has 1 aromatic heterocycles. The third-order valence-electron chi connectivity index (χ3n) is 4.65. The molecule has 1 aliphatic carbocycles. The molecule has 0 amide bonds. The molecular weight excluding hydrogens is 260 g/mol. The smallest absolute Gasteiger partial charge is 0.0950 e. The second-order valence-electron chi connectivity index (χ2n) is 6.28. The van der Waals surface area contributed by atoms with Gasteiger partial charge in [0.2, 0.25) is 0 Å². The van der Waals surface area contributed by atoms with Crippen LogP contribution in [-0.2, 0) is 0 Å². The van der Waals surface area contributed by atoms with Gasteiger partial charge in [-0.15, -0.1) is 0 Å². The Balaban J connectivity index is 1.65. The summed E-state index contributed by atoms with van der Waals surface area (Å²) in [6.45, 7) is 2.26. The average molecular weight is 282 g/mol. The molecule has 1 aromatic carbocycles. The lowest BCUT2D eigenvalue weighted by Gasteiger charge is -2.32. The zero-order chi connectivity index (χ0) is 14.1. The highest BCUT2D eigenvalue weighted by Crippen LogP contribution is 2.35. The van der Waals surface area contributed by atoms with Crippen LogP contribution in [0.2, 0.25) is 0 Å². The number of rotatable bonds is 4. The van der Waals surface area contributed by atoms with Crippen molar-refractivity contribution in [2.24, 2.45) is 0 Å². The molecular formula is C17H22N4. The first-order chi connectivity index (χ1) is 10.4. The summed E-state index contributed by atoms with van der Waals surface area (Å²) in [5, 5.41) is 13.4. The molecule has 1 atom stereocenters. The molecule has 2 aliphatic rings. The van der Waals surface area contributed by atoms with Crippen molar-refractivity contribution in [1.29, 1.82) is 0 Å². The first kappa shape index (κ1) is 13.0. The van der Waals surface area contributed by atoms with Crippen molar-refractivity contribution in [2.45, 2.75) is 44.2 Å². The van der Waals surface area contributed by atoms with Crippen LogP contribution in [0.25, 0.3) is 10.9 Å². The number of anilines is 1. The van der Waals surface area contributed by atoms with Crippen LogP contribution in [0.3, 0.4) is 0 Å². The summed E-state index contributed by atoms with van der Waals surface area (Å²) in [5.41, 5.74) is 2.26. The Labute approximate surface area is 125 Å². The normalized spacial score (nSPS) is 22.4. The number of piperidine rings is 1. The van der Waals surface area contributed by atoms with E-state index in [0.717, 1.165) is 12.1 Å². The zero-order valence-corrected chi connectivity index (χ0v) is 12.3. The Morgan fingerprint density at radius 3 is 2.86 bits per heavy atom. The third kappa shape index (κ3) is 2.72. The van der Waals surface area contributed by atoms with E-state index in [1.54, 1.807) is 0 Å². The highest BCUT2D eigenvalue weighted by Gasteiger charge is 2.32. The molecule has 4 nitrogen and oxygen atoms in total. The maximum Gasteiger partial charge on any atom is 0.0950 e. The largest absolute Gasteiger partial charge is 0.365 e. The van der Waals surface area contributed by atoms with Crippen molar-refractivity contribution in [1.82, 2.24) is 15.5 Å². The monoisotopic (exact) mass is 282 g/mol. The van der Waals surface area contributed by atoms with Crippen molar-refractivity contribution in [2.75, 3.05) is 18.0 Å². The van der Waals surface area contributed by atoms with Gasteiger partial charge >= 0.3 is 0 Å². The number of hydrogen-bond acceptors (Lipinski definition) is 4. The summed E-state index contributed by atoms with van der Waals surface area (Å²) in [7, 11) is 0. The van der Waals surface area contributed by atoms with Gasteiger partial charge in [0.15, 0.2) is 0 Å². The second-order valence-corrected chi connectivity index (χ2v) is 6.28. The summed E-state index contributed by atoms with van der Waals surface area (Å²) in [4.78, 5) is 2.57. The fourth-order valence-corrected chi connectivity index (χ4v) is 3.37. The average Bonchev–Trinajstić information content (AvgIpc) is 3.38. The van der Waals surface area contributed by atoms with E-state index in [1.807, 2.05) is 12.3 Å². The van der Waals surface area contributed by atoms with Gasteiger partial charge in [0.1, 0.15) is 0 Å². The molecule has 1 N–H and O–H groups in total. The number of benzene rings is 1. The van der Waals surface area contributed by atoms with Gasteiger partial charge in [0, 0.05) is 24.0 Å². The Morgan fingerprint density at radius 2 is 2.05 bits per heavy atom. The van der Waals surface area contributed by atoms with Crippen LogP contribution >= 0.6 is 0 Å². The van der Waals surface area contributed by atoms with Gasteiger partial charge in [0.05, 0.1) is 17.4 Å². The molecule has 0 bridgehead atoms. The summed E-state index contributed by atoms with van der Waals surface area (Å²) < 4.78 is 0. The van der Waals surface area contributed by atoms with Crippen LogP contribution in [-0.4, -0.2) is 35.4 Å². The van der Waals surface area contributed by atoms with Gasteiger partial charge in [-0.1, -0.05) is 24.6 Å². The summed E-state index contributed by atoms with van der Waals surface area (Å²) in [6, 6.07) is 9.66. The van der Waals surface area contributed by atoms with Gasteiger partial charge in [-0.2, -0.15) is 10.2 Å². The number of aromatic nitrogens is 2. The molecule has 1 saturated carbocycles. The first-order valence-corrected chi connectivity index (χ1v) is 8.12. The minimum Gasteiger partial charge on any atom is -0.365 e. The van der Waals surface area contributed by atoms with E-state index >= 15 is 0 Å². The molecule has 2 heterocycles. The zero-order valence-electron chi connectivity index (χ0n) is 12.3. The van der Waals surface area contributed by atoms with Crippen LogP contribution < -0.4 is 10.2 Å². The SMILES string of the molecule is c1ccc2c(N(CC3CCCCN3)C3CC3)cnnc2c1. The van der Waals surface area contributed by atoms with Crippen LogP contribution in [0.1, 0.15) is 32.1 Å². The third-order valence-corrected chi connectivity index (χ3v) is 4.65. The van der Waals surface area contributed by atoms with Gasteiger partial charge in [-0.3, -0.25) is 0 Å². The van der Waals surface area contributed by atoms with Crippen LogP contribution in [0, 0.1) is 0 Å². The van der Waals surface area contributed by atoms with Crippen LogP contribution in [0.15, 0.2) is 30.5 Å². The van der Waals surface area contributed by atoms with Gasteiger partial charge in [-0.25, -0.2) is 0 Å². The molecule has 110 valence electrons. The summed E-state index contributed by atoms with van der Waals surface area (Å²) in [6.07, 6.45) is 8.53. The summed E-state index contributed by atoms with van der Waals surface area (Å²) >= 11 is 0. The minimum absolute atomic E-state index is 0.617. The number of nitrogens with zero attached hydrogens (tertiary/aromatic N) is 3. The maximum absolute atomic E-state index is 4.26. The van der Waals surface area contributed by atoms with Crippen molar-refractivity contribution in [3.05, 3.63) is 30.5 Å². The Bertz CT molecular complexity index is 612. The lowest BCUT2D eigenvalue weighted by atomic mass is 10.0. The Morgan fingerprint density at radius 1 is 1.14 bits per heavy atom. The molecule has 4 heteroatoms. The number of nitrogens with one attached hydrogen (secondary N) is 1. The van der Waals surface area contributed by atoms with Crippen molar-refractivity contribution in [3.63, 3.8) is 0 Å². The number of hydrogen-bond donors (Lipinski definition) is 1. The molecule has 21 heavy (non-hydrogen) atoms. The lowest BCUT2D eigenvalue weighted by Crippen LogP contribution is -2.44. The molecule has 0 radical (unpaired) electrons. The van der Waals surface area contributed by atoms with Crippen molar-refractivity contribution in [3.8, 4) is 0 Å². The first-order valence-electron chi connectivity index (χ1n) is 8.12. The van der Waals surface area contributed by atoms with E-state index in [-0.39, 0.29) is 0 Å². The molecule has 4 rings (SSSR count). The fraction of sp³-hybridized carbons (Fsp3) is 0.529. The Hall–Kier alpha value is -1.68. The summed E-state index contributed by atoms with van der Waals surface area (Å²) in [5.74, 6) is 0. The molecule has 0 spiro atoms. The van der Waals surface area contributed by atoms with E-state index in [0.29, 0.717) is 12.1 Å². The molecule has 2 aromatic rings. The number of fused-ring (bicyclic) bond motifs is 1. The van der Waals surface area contributed by atoms with Gasteiger partial charge < -0.3 is 10.2 Å². The predicted octanol–water partition coefficient (Wildman–Crippen LogP) is 2.74. The van der Waals surface area contributed by atoms with E-state index < -0.39 is 0 Å². The fourth-order valence-electron chi connectivity index (χ4n) is 3.37. The predicted molar refractivity (Wildman–Crippen MR) is 85.5 cm³/mol. The second kappa shape index (κ2) is 5.60. The van der Waals surface area contributed by atoms with Crippen LogP contribution in [0.5, 0.6) is 0 Å². The molecule has 1 aliphatic heterocycles. The van der Waals surface area contributed by atoms with E-state index in [9.17, 15) is 0 Å². The minimum atomic E-state index is 0.617. The van der Waals surface area contributed by atoms with Crippen LogP contribution in [0.4, 0.5) is 5.69 Å². The quantitative estimate of drug-likeness (QED) is 0.936. The standard InChI is InChI=1S/C17H22N4/c1-2-7-16-15(6-1)17(11-19-20-16)21(14-8-9-14)12-13-5-3-4-10-18-13/h1-2,6-7,11,13-14,18H,3-5,8-10,12H2. The molecule has 1 saturated heterocycles. The molecule has 1 unspecified atom stereocenters. The van der Waals surface area contributed by atoms with E-state index in [2.05, 4.69) is 38.6 Å². The highest BCUT2D eigenvalue weighted by molar-refractivity contribution is 5.91.